The summed E-state index contributed by atoms with van der Waals surface area (Å²) in [5, 5.41) is 3.22. The number of aromatic nitrogens is 1. The summed E-state index contributed by atoms with van der Waals surface area (Å²) in [7, 11) is 1.99. The van der Waals surface area contributed by atoms with Crippen LogP contribution in [0, 0.1) is 12.3 Å². The standard InChI is InChI=1S/C12H20N2S/c1-5-12(3,8-13-4)7-6-11-10(2)14-9-15-11/h5,9,13H,1,6-8H2,2-4H3. The Bertz CT molecular complexity index is 319. The molecule has 0 spiro atoms. The molecule has 84 valence electrons. The van der Waals surface area contributed by atoms with Crippen LogP contribution in [0.3, 0.4) is 0 Å². The van der Waals surface area contributed by atoms with Crippen LogP contribution in [-0.2, 0) is 6.42 Å². The lowest BCUT2D eigenvalue weighted by Gasteiger charge is -2.25. The first-order valence-electron chi connectivity index (χ1n) is 5.28. The fourth-order valence-electron chi connectivity index (χ4n) is 1.63. The second-order valence-corrected chi connectivity index (χ2v) is 5.19. The maximum atomic E-state index is 4.27. The minimum absolute atomic E-state index is 0.186. The Kier molecular flexibility index (Phi) is 4.48. The predicted molar refractivity (Wildman–Crippen MR) is 67.4 cm³/mol. The van der Waals surface area contributed by atoms with Crippen molar-refractivity contribution in [3.8, 4) is 0 Å². The van der Waals surface area contributed by atoms with E-state index in [4.69, 9.17) is 0 Å². The zero-order valence-electron chi connectivity index (χ0n) is 9.84. The second kappa shape index (κ2) is 5.42. The molecule has 0 radical (unpaired) electrons. The third kappa shape index (κ3) is 3.43. The summed E-state index contributed by atoms with van der Waals surface area (Å²) < 4.78 is 0. The van der Waals surface area contributed by atoms with Gasteiger partial charge >= 0.3 is 0 Å². The number of nitrogens with one attached hydrogen (secondary N) is 1. The Hall–Kier alpha value is -0.670. The quantitative estimate of drug-likeness (QED) is 0.752. The van der Waals surface area contributed by atoms with E-state index in [2.05, 4.69) is 36.8 Å². The predicted octanol–water partition coefficient (Wildman–Crippen LogP) is 2.80. The van der Waals surface area contributed by atoms with Crippen molar-refractivity contribution in [1.82, 2.24) is 10.3 Å². The summed E-state index contributed by atoms with van der Waals surface area (Å²) in [4.78, 5) is 5.67. The lowest BCUT2D eigenvalue weighted by Crippen LogP contribution is -2.28. The van der Waals surface area contributed by atoms with Crippen LogP contribution in [0.1, 0.15) is 23.9 Å². The van der Waals surface area contributed by atoms with Gasteiger partial charge in [-0.2, -0.15) is 0 Å². The molecule has 0 aliphatic rings. The Morgan fingerprint density at radius 2 is 2.40 bits per heavy atom. The molecule has 0 aliphatic carbocycles. The van der Waals surface area contributed by atoms with Crippen LogP contribution in [0.15, 0.2) is 18.2 Å². The normalized spacial score (nSPS) is 14.9. The van der Waals surface area contributed by atoms with E-state index < -0.39 is 0 Å². The topological polar surface area (TPSA) is 24.9 Å². The van der Waals surface area contributed by atoms with E-state index in [0.29, 0.717) is 0 Å². The molecule has 1 rings (SSSR count). The van der Waals surface area contributed by atoms with E-state index in [0.717, 1.165) is 19.4 Å². The van der Waals surface area contributed by atoms with Crippen molar-refractivity contribution in [2.45, 2.75) is 26.7 Å². The molecule has 0 bridgehead atoms. The van der Waals surface area contributed by atoms with Crippen LogP contribution in [-0.4, -0.2) is 18.6 Å². The minimum atomic E-state index is 0.186. The van der Waals surface area contributed by atoms with Gasteiger partial charge in [-0.15, -0.1) is 17.9 Å². The highest BCUT2D eigenvalue weighted by molar-refractivity contribution is 7.09. The molecule has 1 unspecified atom stereocenters. The van der Waals surface area contributed by atoms with Crippen molar-refractivity contribution in [2.24, 2.45) is 5.41 Å². The maximum absolute atomic E-state index is 4.27. The third-order valence-electron chi connectivity index (χ3n) is 2.84. The van der Waals surface area contributed by atoms with E-state index in [1.54, 1.807) is 11.3 Å². The van der Waals surface area contributed by atoms with E-state index in [9.17, 15) is 0 Å². The first kappa shape index (κ1) is 12.4. The van der Waals surface area contributed by atoms with Gasteiger partial charge in [-0.05, 0) is 32.2 Å². The van der Waals surface area contributed by atoms with E-state index in [-0.39, 0.29) is 5.41 Å². The SMILES string of the molecule is C=CC(C)(CCc1scnc1C)CNC. The summed E-state index contributed by atoms with van der Waals surface area (Å²) in [6, 6.07) is 0. The van der Waals surface area contributed by atoms with E-state index >= 15 is 0 Å². The van der Waals surface area contributed by atoms with Gasteiger partial charge in [0.15, 0.2) is 0 Å². The molecule has 1 aromatic rings. The maximum Gasteiger partial charge on any atom is 0.0797 e. The van der Waals surface area contributed by atoms with Crippen LogP contribution < -0.4 is 5.32 Å². The number of aryl methyl sites for hydroxylation is 2. The van der Waals surface area contributed by atoms with Crippen LogP contribution in [0.5, 0.6) is 0 Å². The average Bonchev–Trinajstić information content (AvgIpc) is 2.62. The molecule has 0 saturated carbocycles. The molecule has 0 fully saturated rings. The second-order valence-electron chi connectivity index (χ2n) is 4.25. The van der Waals surface area contributed by atoms with Gasteiger partial charge in [-0.3, -0.25) is 0 Å². The van der Waals surface area contributed by atoms with Crippen molar-refractivity contribution in [3.63, 3.8) is 0 Å². The summed E-state index contributed by atoms with van der Waals surface area (Å²) in [5.41, 5.74) is 3.29. The van der Waals surface area contributed by atoms with E-state index in [1.807, 2.05) is 12.6 Å². The van der Waals surface area contributed by atoms with Crippen molar-refractivity contribution in [1.29, 1.82) is 0 Å². The van der Waals surface area contributed by atoms with Gasteiger partial charge in [-0.1, -0.05) is 13.0 Å². The molecule has 0 saturated heterocycles. The molecule has 2 nitrogen and oxygen atoms in total. The van der Waals surface area contributed by atoms with E-state index in [1.165, 1.54) is 10.6 Å². The molecule has 0 aromatic carbocycles. The molecule has 0 aliphatic heterocycles. The van der Waals surface area contributed by atoms with Gasteiger partial charge in [0.2, 0.25) is 0 Å². The molecule has 1 atom stereocenters. The van der Waals surface area contributed by atoms with Gasteiger partial charge in [0, 0.05) is 11.4 Å². The van der Waals surface area contributed by atoms with Crippen LogP contribution in [0.2, 0.25) is 0 Å². The first-order valence-corrected chi connectivity index (χ1v) is 6.16. The van der Waals surface area contributed by atoms with Crippen LogP contribution >= 0.6 is 11.3 Å². The molecule has 1 N–H and O–H groups in total. The molecule has 1 aromatic heterocycles. The number of hydrogen-bond acceptors (Lipinski definition) is 3. The number of nitrogens with zero attached hydrogens (tertiary/aromatic N) is 1. The Balaban J connectivity index is 2.54. The first-order chi connectivity index (χ1) is 7.11. The van der Waals surface area contributed by atoms with Gasteiger partial charge in [0.25, 0.3) is 0 Å². The summed E-state index contributed by atoms with van der Waals surface area (Å²) in [5.74, 6) is 0. The minimum Gasteiger partial charge on any atom is -0.319 e. The Morgan fingerprint density at radius 1 is 1.67 bits per heavy atom. The molecule has 0 amide bonds. The van der Waals surface area contributed by atoms with Crippen molar-refractivity contribution in [2.75, 3.05) is 13.6 Å². The van der Waals surface area contributed by atoms with Crippen molar-refractivity contribution in [3.05, 3.63) is 28.7 Å². The van der Waals surface area contributed by atoms with Gasteiger partial charge in [0.1, 0.15) is 0 Å². The molecule has 3 heteroatoms. The fraction of sp³-hybridized carbons (Fsp3) is 0.583. The van der Waals surface area contributed by atoms with Crippen LogP contribution in [0.25, 0.3) is 0 Å². The fourth-order valence-corrected chi connectivity index (χ4v) is 2.41. The highest BCUT2D eigenvalue weighted by Gasteiger charge is 2.19. The van der Waals surface area contributed by atoms with Crippen LogP contribution in [0.4, 0.5) is 0 Å². The zero-order chi connectivity index (χ0) is 11.3. The molecule has 1 heterocycles. The summed E-state index contributed by atoms with van der Waals surface area (Å²) >= 11 is 1.75. The Labute approximate surface area is 96.4 Å². The number of thiazole rings is 1. The van der Waals surface area contributed by atoms with Crippen molar-refractivity contribution >= 4 is 11.3 Å². The molecule has 15 heavy (non-hydrogen) atoms. The average molecular weight is 224 g/mol. The highest BCUT2D eigenvalue weighted by Crippen LogP contribution is 2.26. The molecular formula is C12H20N2S. The number of hydrogen-bond donors (Lipinski definition) is 1. The van der Waals surface area contributed by atoms with Crippen molar-refractivity contribution < 1.29 is 0 Å². The Morgan fingerprint density at radius 3 is 2.87 bits per heavy atom. The number of rotatable bonds is 6. The van der Waals surface area contributed by atoms with Gasteiger partial charge < -0.3 is 5.32 Å². The summed E-state index contributed by atoms with van der Waals surface area (Å²) in [6.45, 7) is 9.22. The zero-order valence-corrected chi connectivity index (χ0v) is 10.7. The largest absolute Gasteiger partial charge is 0.319 e. The van der Waals surface area contributed by atoms with Gasteiger partial charge in [0.05, 0.1) is 11.2 Å². The molecular weight excluding hydrogens is 204 g/mol. The third-order valence-corrected chi connectivity index (χ3v) is 3.84. The van der Waals surface area contributed by atoms with Gasteiger partial charge in [-0.25, -0.2) is 4.98 Å². The lowest BCUT2D eigenvalue weighted by molar-refractivity contribution is 0.378. The monoisotopic (exact) mass is 224 g/mol. The summed E-state index contributed by atoms with van der Waals surface area (Å²) in [6.07, 6.45) is 4.28. The lowest BCUT2D eigenvalue weighted by atomic mass is 9.85. The smallest absolute Gasteiger partial charge is 0.0797 e. The highest BCUT2D eigenvalue weighted by atomic mass is 32.1.